The minimum atomic E-state index is -0.483. The van der Waals surface area contributed by atoms with E-state index in [1.807, 2.05) is 6.07 Å². The highest BCUT2D eigenvalue weighted by molar-refractivity contribution is 7.99. The molecule has 158 valence electrons. The van der Waals surface area contributed by atoms with E-state index in [-0.39, 0.29) is 17.2 Å². The summed E-state index contributed by atoms with van der Waals surface area (Å²) in [5, 5.41) is 3.78. The number of hydrogen-bond donors (Lipinski definition) is 1. The lowest BCUT2D eigenvalue weighted by Crippen LogP contribution is -2.25. The molecule has 0 saturated heterocycles. The van der Waals surface area contributed by atoms with Gasteiger partial charge in [-0.05, 0) is 43.0 Å². The van der Waals surface area contributed by atoms with E-state index < -0.39 is 5.82 Å². The lowest BCUT2D eigenvalue weighted by Gasteiger charge is -2.14. The number of aromatic nitrogens is 2. The van der Waals surface area contributed by atoms with Crippen molar-refractivity contribution < 1.29 is 9.18 Å². The van der Waals surface area contributed by atoms with Gasteiger partial charge in [-0.1, -0.05) is 49.9 Å². The number of benzene rings is 2. The minimum Gasteiger partial charge on any atom is -0.356 e. The zero-order chi connectivity index (χ0) is 21.5. The zero-order valence-electron chi connectivity index (χ0n) is 17.2. The van der Waals surface area contributed by atoms with Crippen LogP contribution in [0, 0.1) is 11.7 Å². The molecule has 1 amide bonds. The van der Waals surface area contributed by atoms with E-state index >= 15 is 0 Å². The van der Waals surface area contributed by atoms with Crippen molar-refractivity contribution in [3.63, 3.8) is 0 Å². The van der Waals surface area contributed by atoms with Gasteiger partial charge in [-0.15, -0.1) is 0 Å². The van der Waals surface area contributed by atoms with Gasteiger partial charge in [0.15, 0.2) is 5.16 Å². The first-order valence-electron chi connectivity index (χ1n) is 10.1. The van der Waals surface area contributed by atoms with Crippen LogP contribution in [0.3, 0.4) is 0 Å². The average Bonchev–Trinajstić information content (AvgIpc) is 2.72. The quantitative estimate of drug-likeness (QED) is 0.309. The molecule has 0 unspecified atom stereocenters. The Labute approximate surface area is 179 Å². The van der Waals surface area contributed by atoms with Crippen molar-refractivity contribution in [2.24, 2.45) is 5.92 Å². The Morgan fingerprint density at radius 1 is 1.17 bits per heavy atom. The van der Waals surface area contributed by atoms with Crippen molar-refractivity contribution in [3.8, 4) is 5.69 Å². The molecule has 30 heavy (non-hydrogen) atoms. The van der Waals surface area contributed by atoms with E-state index in [9.17, 15) is 14.0 Å². The Bertz CT molecular complexity index is 1080. The third-order valence-electron chi connectivity index (χ3n) is 4.66. The monoisotopic (exact) mass is 427 g/mol. The van der Waals surface area contributed by atoms with Crippen LogP contribution in [-0.2, 0) is 4.79 Å². The lowest BCUT2D eigenvalue weighted by atomic mass is 10.1. The molecule has 1 heterocycles. The molecule has 2 aromatic carbocycles. The average molecular weight is 428 g/mol. The summed E-state index contributed by atoms with van der Waals surface area (Å²) in [5.74, 6) is 0.684. The summed E-state index contributed by atoms with van der Waals surface area (Å²) in [6, 6.07) is 13.2. The van der Waals surface area contributed by atoms with E-state index in [0.717, 1.165) is 6.42 Å². The highest BCUT2D eigenvalue weighted by Crippen LogP contribution is 2.23. The van der Waals surface area contributed by atoms with Crippen LogP contribution in [0.5, 0.6) is 0 Å². The number of carbonyl (C=O) groups is 1. The number of thioether (sulfide) groups is 1. The number of rotatable bonds is 9. The molecule has 0 radical (unpaired) electrons. The molecule has 0 spiro atoms. The maximum Gasteiger partial charge on any atom is 0.266 e. The maximum absolute atomic E-state index is 14.5. The van der Waals surface area contributed by atoms with Crippen LogP contribution in [-0.4, -0.2) is 27.8 Å². The number of hydrogen-bond acceptors (Lipinski definition) is 4. The zero-order valence-corrected chi connectivity index (χ0v) is 18.0. The standard InChI is InChI=1S/C23H26FN3O2S/c1-16(2)13-14-25-21(28)12-7-15-30-23-26-19-10-5-3-8-17(19)22(29)27(23)20-11-6-4-9-18(20)24/h3-6,8-11,16H,7,12-15H2,1-2H3,(H,25,28). The van der Waals surface area contributed by atoms with Gasteiger partial charge in [-0.25, -0.2) is 9.37 Å². The van der Waals surface area contributed by atoms with Gasteiger partial charge in [-0.3, -0.25) is 14.2 Å². The smallest absolute Gasteiger partial charge is 0.266 e. The number of halogens is 1. The molecule has 0 saturated carbocycles. The lowest BCUT2D eigenvalue weighted by molar-refractivity contribution is -0.121. The molecular formula is C23H26FN3O2S. The van der Waals surface area contributed by atoms with Crippen LogP contribution in [0.4, 0.5) is 4.39 Å². The topological polar surface area (TPSA) is 64.0 Å². The second-order valence-corrected chi connectivity index (χ2v) is 8.55. The third kappa shape index (κ3) is 5.48. The summed E-state index contributed by atoms with van der Waals surface area (Å²) < 4.78 is 15.8. The number of nitrogens with one attached hydrogen (secondary N) is 1. The molecule has 3 rings (SSSR count). The molecule has 0 atom stereocenters. The molecule has 1 N–H and O–H groups in total. The van der Waals surface area contributed by atoms with Crippen molar-refractivity contribution in [1.29, 1.82) is 0 Å². The molecule has 3 aromatic rings. The van der Waals surface area contributed by atoms with Gasteiger partial charge in [0.2, 0.25) is 5.91 Å². The van der Waals surface area contributed by atoms with E-state index in [0.29, 0.717) is 47.1 Å². The number of nitrogens with zero attached hydrogens (tertiary/aromatic N) is 2. The predicted octanol–water partition coefficient (Wildman–Crippen LogP) is 4.56. The Morgan fingerprint density at radius 3 is 2.67 bits per heavy atom. The summed E-state index contributed by atoms with van der Waals surface area (Å²) in [6.45, 7) is 4.92. The van der Waals surface area contributed by atoms with Crippen molar-refractivity contribution in [2.75, 3.05) is 12.3 Å². The van der Waals surface area contributed by atoms with Crippen LogP contribution >= 0.6 is 11.8 Å². The minimum absolute atomic E-state index is 0.0224. The number of amides is 1. The summed E-state index contributed by atoms with van der Waals surface area (Å²) in [6.07, 6.45) is 2.00. The van der Waals surface area contributed by atoms with Crippen LogP contribution in [0.25, 0.3) is 16.6 Å². The van der Waals surface area contributed by atoms with E-state index in [1.165, 1.54) is 22.4 Å². The van der Waals surface area contributed by atoms with Crippen LogP contribution in [0.2, 0.25) is 0 Å². The van der Waals surface area contributed by atoms with Gasteiger partial charge in [0.1, 0.15) is 5.82 Å². The third-order valence-corrected chi connectivity index (χ3v) is 5.69. The van der Waals surface area contributed by atoms with Gasteiger partial charge in [0.05, 0.1) is 16.6 Å². The first-order chi connectivity index (χ1) is 14.5. The van der Waals surface area contributed by atoms with Gasteiger partial charge < -0.3 is 5.32 Å². The second-order valence-electron chi connectivity index (χ2n) is 7.49. The molecule has 0 fully saturated rings. The van der Waals surface area contributed by atoms with E-state index in [4.69, 9.17) is 0 Å². The molecule has 0 aliphatic rings. The Balaban J connectivity index is 1.77. The van der Waals surface area contributed by atoms with Crippen molar-refractivity contribution in [2.45, 2.75) is 38.3 Å². The van der Waals surface area contributed by atoms with Gasteiger partial charge in [0, 0.05) is 18.7 Å². The summed E-state index contributed by atoms with van der Waals surface area (Å²) in [7, 11) is 0. The van der Waals surface area contributed by atoms with Crippen molar-refractivity contribution >= 4 is 28.6 Å². The molecular weight excluding hydrogens is 401 g/mol. The van der Waals surface area contributed by atoms with Gasteiger partial charge >= 0.3 is 0 Å². The Kier molecular flexibility index (Phi) is 7.63. The SMILES string of the molecule is CC(C)CCNC(=O)CCCSc1nc2ccccc2c(=O)n1-c1ccccc1F. The number of fused-ring (bicyclic) bond motifs is 1. The fourth-order valence-electron chi connectivity index (χ4n) is 3.04. The first kappa shape index (κ1) is 22.0. The first-order valence-corrected chi connectivity index (χ1v) is 11.1. The number of para-hydroxylation sites is 2. The molecule has 0 aliphatic heterocycles. The maximum atomic E-state index is 14.5. The van der Waals surface area contributed by atoms with Crippen LogP contribution in [0.15, 0.2) is 58.5 Å². The summed E-state index contributed by atoms with van der Waals surface area (Å²) in [4.78, 5) is 29.6. The molecule has 1 aromatic heterocycles. The normalized spacial score (nSPS) is 11.2. The molecule has 7 heteroatoms. The van der Waals surface area contributed by atoms with Crippen LogP contribution < -0.4 is 10.9 Å². The van der Waals surface area contributed by atoms with Crippen molar-refractivity contribution in [1.82, 2.24) is 14.9 Å². The summed E-state index contributed by atoms with van der Waals surface area (Å²) in [5.41, 5.74) is 0.443. The molecule has 0 bridgehead atoms. The highest BCUT2D eigenvalue weighted by atomic mass is 32.2. The van der Waals surface area contributed by atoms with E-state index in [2.05, 4.69) is 24.1 Å². The molecule has 0 aliphatic carbocycles. The molecule has 5 nitrogen and oxygen atoms in total. The number of carbonyl (C=O) groups excluding carboxylic acids is 1. The largest absolute Gasteiger partial charge is 0.356 e. The predicted molar refractivity (Wildman–Crippen MR) is 120 cm³/mol. The summed E-state index contributed by atoms with van der Waals surface area (Å²) >= 11 is 1.36. The second kappa shape index (κ2) is 10.4. The van der Waals surface area contributed by atoms with Gasteiger partial charge in [0.25, 0.3) is 5.56 Å². The van der Waals surface area contributed by atoms with Crippen LogP contribution in [0.1, 0.15) is 33.1 Å². The van der Waals surface area contributed by atoms with Crippen molar-refractivity contribution in [3.05, 3.63) is 64.7 Å². The Morgan fingerprint density at radius 2 is 1.90 bits per heavy atom. The van der Waals surface area contributed by atoms with E-state index in [1.54, 1.807) is 36.4 Å². The Hall–Kier alpha value is -2.67. The highest BCUT2D eigenvalue weighted by Gasteiger charge is 2.16. The van der Waals surface area contributed by atoms with Gasteiger partial charge in [-0.2, -0.15) is 0 Å². The fourth-order valence-corrected chi connectivity index (χ4v) is 3.98. The fraction of sp³-hybridized carbons (Fsp3) is 0.348.